The molecule has 2 N–H and O–H groups in total. The van der Waals surface area contributed by atoms with Crippen LogP contribution in [0.1, 0.15) is 4.88 Å². The van der Waals surface area contributed by atoms with Crippen molar-refractivity contribution in [2.75, 3.05) is 4.72 Å². The minimum Gasteiger partial charge on any atom is -0.481 e. The summed E-state index contributed by atoms with van der Waals surface area (Å²) in [5, 5.41) is 9.10. The molecule has 0 aliphatic rings. The maximum absolute atomic E-state index is 12.3. The summed E-state index contributed by atoms with van der Waals surface area (Å²) in [4.78, 5) is 11.1. The van der Waals surface area contributed by atoms with Crippen LogP contribution >= 0.6 is 38.9 Å². The molecule has 0 amide bonds. The van der Waals surface area contributed by atoms with E-state index in [1.54, 1.807) is 12.1 Å². The number of halogens is 2. The lowest BCUT2D eigenvalue weighted by atomic mass is 10.3. The first-order valence-corrected chi connectivity index (χ1v) is 9.03. The predicted octanol–water partition coefficient (Wildman–Crippen LogP) is 3.59. The number of thiophene rings is 1. The molecule has 0 fully saturated rings. The van der Waals surface area contributed by atoms with Gasteiger partial charge in [-0.25, -0.2) is 8.42 Å². The third-order valence-corrected chi connectivity index (χ3v) is 6.27. The maximum atomic E-state index is 12.3. The Morgan fingerprint density at radius 2 is 2.05 bits per heavy atom. The summed E-state index contributed by atoms with van der Waals surface area (Å²) in [5.74, 6) is -1.01. The topological polar surface area (TPSA) is 83.5 Å². The average molecular weight is 411 g/mol. The molecule has 21 heavy (non-hydrogen) atoms. The van der Waals surface area contributed by atoms with Crippen molar-refractivity contribution >= 4 is 60.5 Å². The number of anilines is 1. The summed E-state index contributed by atoms with van der Waals surface area (Å²) in [6.45, 7) is 0. The molecular formula is C12H9BrClNO4S2. The standard InChI is InChI=1S/C12H9BrClNO4S2/c13-9-3-1-7(14)5-10(9)15-21(18,19)12-4-2-8(20-12)6-11(16)17/h1-5,15H,6H2,(H,16,17). The number of rotatable bonds is 5. The number of aliphatic carboxylic acids is 1. The molecule has 0 spiro atoms. The van der Waals surface area contributed by atoms with Crippen LogP contribution in [0.4, 0.5) is 5.69 Å². The Labute approximate surface area is 138 Å². The highest BCUT2D eigenvalue weighted by Crippen LogP contribution is 2.30. The fourth-order valence-electron chi connectivity index (χ4n) is 1.52. The largest absolute Gasteiger partial charge is 0.481 e. The van der Waals surface area contributed by atoms with E-state index in [-0.39, 0.29) is 10.6 Å². The van der Waals surface area contributed by atoms with Gasteiger partial charge in [-0.15, -0.1) is 11.3 Å². The van der Waals surface area contributed by atoms with Crippen LogP contribution in [0.5, 0.6) is 0 Å². The van der Waals surface area contributed by atoms with Gasteiger partial charge in [0.05, 0.1) is 12.1 Å². The van der Waals surface area contributed by atoms with Crippen LogP contribution < -0.4 is 4.72 Å². The predicted molar refractivity (Wildman–Crippen MR) is 85.6 cm³/mol. The number of carboxylic acids is 1. The second-order valence-corrected chi connectivity index (χ2v) is 8.39. The Balaban J connectivity index is 2.28. The van der Waals surface area contributed by atoms with Gasteiger partial charge in [0, 0.05) is 14.4 Å². The van der Waals surface area contributed by atoms with E-state index in [1.165, 1.54) is 18.2 Å². The molecule has 0 unspecified atom stereocenters. The summed E-state index contributed by atoms with van der Waals surface area (Å²) in [6, 6.07) is 7.60. The van der Waals surface area contributed by atoms with Gasteiger partial charge >= 0.3 is 5.97 Å². The van der Waals surface area contributed by atoms with Gasteiger partial charge in [-0.1, -0.05) is 11.6 Å². The van der Waals surface area contributed by atoms with Crippen LogP contribution in [0.25, 0.3) is 0 Å². The van der Waals surface area contributed by atoms with Crippen molar-refractivity contribution in [2.45, 2.75) is 10.6 Å². The van der Waals surface area contributed by atoms with E-state index in [0.29, 0.717) is 20.1 Å². The van der Waals surface area contributed by atoms with Gasteiger partial charge < -0.3 is 5.11 Å². The molecule has 1 heterocycles. The third kappa shape index (κ3) is 4.19. The van der Waals surface area contributed by atoms with E-state index in [2.05, 4.69) is 20.7 Å². The van der Waals surface area contributed by atoms with E-state index in [1.807, 2.05) is 0 Å². The summed E-state index contributed by atoms with van der Waals surface area (Å²) in [5.41, 5.74) is 0.315. The summed E-state index contributed by atoms with van der Waals surface area (Å²) < 4.78 is 27.5. The number of hydrogen-bond donors (Lipinski definition) is 2. The average Bonchev–Trinajstić information content (AvgIpc) is 2.82. The molecule has 1 aromatic carbocycles. The summed E-state index contributed by atoms with van der Waals surface area (Å²) >= 11 is 9.99. The first kappa shape index (κ1) is 16.3. The van der Waals surface area contributed by atoms with E-state index < -0.39 is 16.0 Å². The molecule has 0 saturated carbocycles. The molecule has 9 heteroatoms. The molecule has 0 aliphatic heterocycles. The number of carboxylic acid groups (broad SMARTS) is 1. The van der Waals surface area contributed by atoms with Gasteiger partial charge in [-0.3, -0.25) is 9.52 Å². The monoisotopic (exact) mass is 409 g/mol. The van der Waals surface area contributed by atoms with Crippen LogP contribution in [0, 0.1) is 0 Å². The van der Waals surface area contributed by atoms with Crippen molar-refractivity contribution in [2.24, 2.45) is 0 Å². The van der Waals surface area contributed by atoms with Crippen molar-refractivity contribution < 1.29 is 18.3 Å². The third-order valence-electron chi connectivity index (χ3n) is 2.40. The summed E-state index contributed by atoms with van der Waals surface area (Å²) in [7, 11) is -3.78. The highest BCUT2D eigenvalue weighted by molar-refractivity contribution is 9.10. The van der Waals surface area contributed by atoms with Gasteiger partial charge in [0.2, 0.25) is 0 Å². The minimum atomic E-state index is -3.78. The second kappa shape index (κ2) is 6.35. The zero-order valence-electron chi connectivity index (χ0n) is 10.3. The van der Waals surface area contributed by atoms with Crippen LogP contribution in [0.15, 0.2) is 39.0 Å². The molecule has 2 aromatic rings. The zero-order chi connectivity index (χ0) is 15.6. The fourth-order valence-corrected chi connectivity index (χ4v) is 4.58. The van der Waals surface area contributed by atoms with Gasteiger partial charge in [-0.2, -0.15) is 0 Å². The van der Waals surface area contributed by atoms with Crippen molar-refractivity contribution in [1.29, 1.82) is 0 Å². The quantitative estimate of drug-likeness (QED) is 0.789. The molecule has 0 saturated heterocycles. The molecule has 0 aliphatic carbocycles. The van der Waals surface area contributed by atoms with Gasteiger partial charge in [0.25, 0.3) is 10.0 Å². The molecular weight excluding hydrogens is 402 g/mol. The van der Waals surface area contributed by atoms with Crippen molar-refractivity contribution in [3.05, 3.63) is 44.7 Å². The Bertz CT molecular complexity index is 788. The summed E-state index contributed by atoms with van der Waals surface area (Å²) in [6.07, 6.45) is -0.207. The van der Waals surface area contributed by atoms with Crippen molar-refractivity contribution in [3.63, 3.8) is 0 Å². The molecule has 112 valence electrons. The van der Waals surface area contributed by atoms with Crippen LogP contribution in [-0.2, 0) is 21.2 Å². The van der Waals surface area contributed by atoms with Gasteiger partial charge in [0.1, 0.15) is 4.21 Å². The highest BCUT2D eigenvalue weighted by atomic mass is 79.9. The van der Waals surface area contributed by atoms with Gasteiger partial charge in [-0.05, 0) is 46.3 Å². The molecule has 0 radical (unpaired) electrons. The molecule has 2 rings (SSSR count). The van der Waals surface area contributed by atoms with Crippen molar-refractivity contribution in [3.8, 4) is 0 Å². The van der Waals surface area contributed by atoms with Crippen LogP contribution in [0.2, 0.25) is 5.02 Å². The van der Waals surface area contributed by atoms with E-state index >= 15 is 0 Å². The fraction of sp³-hybridized carbons (Fsp3) is 0.0833. The molecule has 1 aromatic heterocycles. The number of hydrogen-bond acceptors (Lipinski definition) is 4. The number of sulfonamides is 1. The second-order valence-electron chi connectivity index (χ2n) is 4.02. The zero-order valence-corrected chi connectivity index (χ0v) is 14.3. The van der Waals surface area contributed by atoms with E-state index in [9.17, 15) is 13.2 Å². The van der Waals surface area contributed by atoms with E-state index in [0.717, 1.165) is 11.3 Å². The smallest absolute Gasteiger partial charge is 0.308 e. The van der Waals surface area contributed by atoms with Crippen LogP contribution in [-0.4, -0.2) is 19.5 Å². The van der Waals surface area contributed by atoms with Gasteiger partial charge in [0.15, 0.2) is 0 Å². The van der Waals surface area contributed by atoms with Crippen LogP contribution in [0.3, 0.4) is 0 Å². The number of carbonyl (C=O) groups is 1. The Morgan fingerprint density at radius 3 is 2.71 bits per heavy atom. The normalized spacial score (nSPS) is 11.3. The molecule has 0 atom stereocenters. The Morgan fingerprint density at radius 1 is 1.33 bits per heavy atom. The Kier molecular flexibility index (Phi) is 4.92. The first-order valence-electron chi connectivity index (χ1n) is 5.56. The number of benzene rings is 1. The van der Waals surface area contributed by atoms with Crippen molar-refractivity contribution in [1.82, 2.24) is 0 Å². The molecule has 0 bridgehead atoms. The van der Waals surface area contributed by atoms with E-state index in [4.69, 9.17) is 16.7 Å². The Hall–Kier alpha value is -1.09. The maximum Gasteiger partial charge on any atom is 0.308 e. The number of nitrogens with one attached hydrogen (secondary N) is 1. The molecule has 5 nitrogen and oxygen atoms in total. The lowest BCUT2D eigenvalue weighted by Crippen LogP contribution is -2.11. The first-order chi connectivity index (χ1) is 9.78. The highest BCUT2D eigenvalue weighted by Gasteiger charge is 2.19. The minimum absolute atomic E-state index is 0.0469. The lowest BCUT2D eigenvalue weighted by Gasteiger charge is -2.08. The lowest BCUT2D eigenvalue weighted by molar-refractivity contribution is -0.136. The SMILES string of the molecule is O=C(O)Cc1ccc(S(=O)(=O)Nc2cc(Cl)ccc2Br)s1.